The molecule has 1 fully saturated rings. The number of phenolic OH excluding ortho intramolecular Hbond substituents is 1. The molecule has 4 atom stereocenters. The van der Waals surface area contributed by atoms with Crippen molar-refractivity contribution in [1.29, 1.82) is 0 Å². The predicted octanol–water partition coefficient (Wildman–Crippen LogP) is 1.83. The maximum Gasteiger partial charge on any atom is 0.490 e. The lowest BCUT2D eigenvalue weighted by atomic mass is 10.0. The van der Waals surface area contributed by atoms with Gasteiger partial charge >= 0.3 is 12.1 Å². The third-order valence-electron chi connectivity index (χ3n) is 7.65. The number of amides is 4. The first-order chi connectivity index (χ1) is 23.1. The van der Waals surface area contributed by atoms with Crippen molar-refractivity contribution in [2.75, 3.05) is 6.54 Å². The van der Waals surface area contributed by atoms with E-state index in [0.717, 1.165) is 16.7 Å². The van der Waals surface area contributed by atoms with Crippen molar-refractivity contribution in [1.82, 2.24) is 15.5 Å². The number of aliphatic carboxylic acids is 1. The maximum absolute atomic E-state index is 13.5. The van der Waals surface area contributed by atoms with Gasteiger partial charge in [0.15, 0.2) is 0 Å². The lowest BCUT2D eigenvalue weighted by Crippen LogP contribution is -2.58. The van der Waals surface area contributed by atoms with E-state index < -0.39 is 54.0 Å². The molecule has 0 aliphatic carbocycles. The molecule has 4 amide bonds. The molecule has 0 saturated carbocycles. The lowest BCUT2D eigenvalue weighted by molar-refractivity contribution is -0.192. The smallest absolute Gasteiger partial charge is 0.490 e. The number of carboxylic acids is 1. The van der Waals surface area contributed by atoms with Gasteiger partial charge in [0.2, 0.25) is 23.6 Å². The second-order valence-corrected chi connectivity index (χ2v) is 11.4. The summed E-state index contributed by atoms with van der Waals surface area (Å²) in [4.78, 5) is 62.9. The maximum atomic E-state index is 13.5. The summed E-state index contributed by atoms with van der Waals surface area (Å²) in [6, 6.07) is 21.2. The Kier molecular flexibility index (Phi) is 13.7. The summed E-state index contributed by atoms with van der Waals surface area (Å²) in [6.45, 7) is 0.372. The van der Waals surface area contributed by atoms with Crippen LogP contribution in [0.5, 0.6) is 5.75 Å². The molecule has 0 spiro atoms. The second kappa shape index (κ2) is 17.6. The first-order valence-corrected chi connectivity index (χ1v) is 15.3. The summed E-state index contributed by atoms with van der Waals surface area (Å²) in [5.41, 5.74) is 14.3. The number of nitrogens with two attached hydrogens (primary N) is 2. The highest BCUT2D eigenvalue weighted by atomic mass is 19.4. The van der Waals surface area contributed by atoms with Crippen LogP contribution in [0.3, 0.4) is 0 Å². The highest BCUT2D eigenvalue weighted by molar-refractivity contribution is 5.95. The second-order valence-electron chi connectivity index (χ2n) is 11.4. The fraction of sp³-hybridized carbons (Fsp3) is 0.324. The molecule has 12 nitrogen and oxygen atoms in total. The average molecular weight is 686 g/mol. The van der Waals surface area contributed by atoms with Gasteiger partial charge in [-0.2, -0.15) is 13.2 Å². The quantitative estimate of drug-likeness (QED) is 0.166. The Morgan fingerprint density at radius 1 is 0.796 bits per heavy atom. The van der Waals surface area contributed by atoms with Gasteiger partial charge in [-0.1, -0.05) is 72.8 Å². The predicted molar refractivity (Wildman–Crippen MR) is 172 cm³/mol. The van der Waals surface area contributed by atoms with Crippen LogP contribution >= 0.6 is 0 Å². The third kappa shape index (κ3) is 11.9. The van der Waals surface area contributed by atoms with Crippen LogP contribution in [-0.2, 0) is 43.2 Å². The minimum absolute atomic E-state index is 0.117. The SMILES string of the molecule is NC(=O)C(Cc1ccccc1)NC(=O)C(Cc1ccccc1)NC(=O)C1CCCN1C(=O)C(N)Cc1ccc(O)cc1.O=C(O)C(F)(F)F. The number of nitrogens with one attached hydrogen (secondary N) is 2. The molecule has 4 rings (SSSR count). The highest BCUT2D eigenvalue weighted by Crippen LogP contribution is 2.20. The topological polar surface area (TPSA) is 205 Å². The van der Waals surface area contributed by atoms with Crippen LogP contribution < -0.4 is 22.1 Å². The van der Waals surface area contributed by atoms with Crippen LogP contribution in [0.15, 0.2) is 84.9 Å². The van der Waals surface area contributed by atoms with E-state index in [1.807, 2.05) is 60.7 Å². The standard InChI is InChI=1S/C32H37N5O5.C2HF3O2/c33-25(18-23-13-15-24(38)16-14-23)32(42)37-17-7-12-28(37)31(41)36-27(20-22-10-5-2-6-11-22)30(40)35-26(29(34)39)19-21-8-3-1-4-9-21;3-2(4,5)1(6)7/h1-6,8-11,13-16,25-28,38H,7,12,17-20,33H2,(H2,34,39)(H,35,40)(H,36,41);(H,6,7). The van der Waals surface area contributed by atoms with Crippen molar-refractivity contribution in [3.8, 4) is 5.75 Å². The lowest BCUT2D eigenvalue weighted by Gasteiger charge is -2.29. The van der Waals surface area contributed by atoms with Crippen molar-refractivity contribution in [3.05, 3.63) is 102 Å². The van der Waals surface area contributed by atoms with Crippen LogP contribution in [-0.4, -0.2) is 81.6 Å². The van der Waals surface area contributed by atoms with Crippen molar-refractivity contribution >= 4 is 29.6 Å². The molecular weight excluding hydrogens is 647 g/mol. The Morgan fingerprint density at radius 2 is 1.29 bits per heavy atom. The number of hydrogen-bond donors (Lipinski definition) is 6. The number of nitrogens with zero attached hydrogens (tertiary/aromatic N) is 1. The van der Waals surface area contributed by atoms with Crippen LogP contribution in [0.2, 0.25) is 0 Å². The number of benzene rings is 3. The monoisotopic (exact) mass is 685 g/mol. The molecule has 262 valence electrons. The zero-order valence-electron chi connectivity index (χ0n) is 26.3. The number of primary amides is 1. The number of carbonyl (C=O) groups excluding carboxylic acids is 4. The molecule has 3 aromatic carbocycles. The van der Waals surface area contributed by atoms with Gasteiger partial charge in [0.25, 0.3) is 0 Å². The summed E-state index contributed by atoms with van der Waals surface area (Å²) in [6.07, 6.45) is -3.40. The first-order valence-electron chi connectivity index (χ1n) is 15.3. The van der Waals surface area contributed by atoms with E-state index in [4.69, 9.17) is 21.4 Å². The Hall–Kier alpha value is -5.44. The van der Waals surface area contributed by atoms with Gasteiger partial charge in [-0.25, -0.2) is 4.79 Å². The van der Waals surface area contributed by atoms with E-state index >= 15 is 0 Å². The van der Waals surface area contributed by atoms with Gasteiger partial charge < -0.3 is 37.2 Å². The van der Waals surface area contributed by atoms with E-state index in [0.29, 0.717) is 19.4 Å². The number of carbonyl (C=O) groups is 5. The van der Waals surface area contributed by atoms with Gasteiger partial charge in [-0.15, -0.1) is 0 Å². The molecule has 0 bridgehead atoms. The number of halogens is 3. The highest BCUT2D eigenvalue weighted by Gasteiger charge is 2.39. The number of aromatic hydroxyl groups is 1. The molecule has 1 aliphatic rings. The Balaban J connectivity index is 0.000000838. The van der Waals surface area contributed by atoms with Gasteiger partial charge in [-0.05, 0) is 48.1 Å². The molecule has 1 saturated heterocycles. The third-order valence-corrected chi connectivity index (χ3v) is 7.65. The summed E-state index contributed by atoms with van der Waals surface area (Å²) in [5.74, 6) is -4.70. The fourth-order valence-electron chi connectivity index (χ4n) is 5.16. The van der Waals surface area contributed by atoms with E-state index in [9.17, 15) is 37.5 Å². The zero-order chi connectivity index (χ0) is 36.1. The molecular formula is C34H38F3N5O7. The molecule has 15 heteroatoms. The van der Waals surface area contributed by atoms with E-state index in [1.54, 1.807) is 12.1 Å². The average Bonchev–Trinajstić information content (AvgIpc) is 3.56. The molecule has 1 aliphatic heterocycles. The van der Waals surface area contributed by atoms with Crippen LogP contribution in [0, 0.1) is 0 Å². The number of carboxylic acid groups (broad SMARTS) is 1. The fourth-order valence-corrected chi connectivity index (χ4v) is 5.16. The Labute approximate surface area is 280 Å². The molecule has 0 radical (unpaired) electrons. The first kappa shape index (κ1) is 38.0. The van der Waals surface area contributed by atoms with E-state index in [1.165, 1.54) is 17.0 Å². The molecule has 8 N–H and O–H groups in total. The summed E-state index contributed by atoms with van der Waals surface area (Å²) in [7, 11) is 0. The molecule has 0 aromatic heterocycles. The van der Waals surface area contributed by atoms with Crippen molar-refractivity contribution in [3.63, 3.8) is 0 Å². The van der Waals surface area contributed by atoms with Crippen molar-refractivity contribution in [2.24, 2.45) is 11.5 Å². The molecule has 4 unspecified atom stereocenters. The van der Waals surface area contributed by atoms with Crippen LogP contribution in [0.25, 0.3) is 0 Å². The van der Waals surface area contributed by atoms with E-state index in [2.05, 4.69) is 10.6 Å². The van der Waals surface area contributed by atoms with Gasteiger partial charge in [0.05, 0.1) is 6.04 Å². The van der Waals surface area contributed by atoms with Gasteiger partial charge in [0.1, 0.15) is 23.9 Å². The normalized spacial score (nSPS) is 15.9. The Morgan fingerprint density at radius 3 is 1.78 bits per heavy atom. The largest absolute Gasteiger partial charge is 0.508 e. The van der Waals surface area contributed by atoms with Crippen molar-refractivity contribution < 1.29 is 47.4 Å². The van der Waals surface area contributed by atoms with Crippen molar-refractivity contribution in [2.45, 2.75) is 62.4 Å². The number of rotatable bonds is 12. The number of phenols is 1. The molecule has 49 heavy (non-hydrogen) atoms. The van der Waals surface area contributed by atoms with Gasteiger partial charge in [-0.3, -0.25) is 19.2 Å². The Bertz CT molecular complexity index is 1570. The summed E-state index contributed by atoms with van der Waals surface area (Å²) in [5, 5.41) is 22.2. The summed E-state index contributed by atoms with van der Waals surface area (Å²) < 4.78 is 31.7. The minimum atomic E-state index is -5.08. The van der Waals surface area contributed by atoms with Gasteiger partial charge in [0, 0.05) is 19.4 Å². The van der Waals surface area contributed by atoms with Crippen LogP contribution in [0.4, 0.5) is 13.2 Å². The molecule has 1 heterocycles. The van der Waals surface area contributed by atoms with E-state index in [-0.39, 0.29) is 30.9 Å². The van der Waals surface area contributed by atoms with Crippen LogP contribution in [0.1, 0.15) is 29.5 Å². The summed E-state index contributed by atoms with van der Waals surface area (Å²) >= 11 is 0. The number of alkyl halides is 3. The zero-order valence-corrected chi connectivity index (χ0v) is 26.3. The number of hydrogen-bond acceptors (Lipinski definition) is 7. The molecule has 3 aromatic rings. The number of likely N-dealkylation sites (tertiary alicyclic amines) is 1. The minimum Gasteiger partial charge on any atom is -0.508 e.